The number of nitrogens with one attached hydrogen (secondary N) is 2. The van der Waals surface area contributed by atoms with E-state index in [0.29, 0.717) is 24.6 Å². The maximum Gasteiger partial charge on any atom is 0.268 e. The van der Waals surface area contributed by atoms with Crippen molar-refractivity contribution < 1.29 is 9.90 Å². The molecule has 1 amide bonds. The second-order valence-electron chi connectivity index (χ2n) is 7.31. The smallest absolute Gasteiger partial charge is 0.268 e. The summed E-state index contributed by atoms with van der Waals surface area (Å²) < 4.78 is 0. The van der Waals surface area contributed by atoms with Gasteiger partial charge in [0.15, 0.2) is 0 Å². The summed E-state index contributed by atoms with van der Waals surface area (Å²) in [4.78, 5) is 16.2. The number of benzene rings is 1. The molecule has 1 heterocycles. The summed E-state index contributed by atoms with van der Waals surface area (Å²) in [6.45, 7) is 0.593. The molecular formula is C20H31ClN4O2. The van der Waals surface area contributed by atoms with Gasteiger partial charge in [-0.1, -0.05) is 37.5 Å². The van der Waals surface area contributed by atoms with Gasteiger partial charge in [-0.25, -0.2) is 0 Å². The summed E-state index contributed by atoms with van der Waals surface area (Å²) in [5, 5.41) is 13.9. The van der Waals surface area contributed by atoms with Gasteiger partial charge in [0.25, 0.3) is 5.91 Å². The van der Waals surface area contributed by atoms with Crippen LogP contribution in [0.25, 0.3) is 10.9 Å². The lowest BCUT2D eigenvalue weighted by molar-refractivity contribution is 0.0923. The van der Waals surface area contributed by atoms with Crippen LogP contribution in [0.5, 0.6) is 0 Å². The average Bonchev–Trinajstić information content (AvgIpc) is 3.06. The molecule has 0 aliphatic heterocycles. The Balaban J connectivity index is 0.00000261. The van der Waals surface area contributed by atoms with Crippen molar-refractivity contribution in [1.82, 2.24) is 10.3 Å². The second kappa shape index (κ2) is 10.1. The van der Waals surface area contributed by atoms with Crippen molar-refractivity contribution in [1.29, 1.82) is 0 Å². The summed E-state index contributed by atoms with van der Waals surface area (Å²) in [6, 6.07) is 7.57. The first-order valence-corrected chi connectivity index (χ1v) is 9.64. The van der Waals surface area contributed by atoms with E-state index in [0.717, 1.165) is 29.3 Å². The Labute approximate surface area is 166 Å². The van der Waals surface area contributed by atoms with Gasteiger partial charge in [-0.3, -0.25) is 4.79 Å². The third-order valence-corrected chi connectivity index (χ3v) is 5.44. The summed E-state index contributed by atoms with van der Waals surface area (Å²) in [6.07, 6.45) is 5.66. The van der Waals surface area contributed by atoms with Gasteiger partial charge in [0.2, 0.25) is 0 Å². The standard InChI is InChI=1S/C20H30N4O2.ClH/c21-11-10-17(25)15(22)12-23-20(26)19-18(13-6-2-1-3-7-13)14-8-4-5-9-16(14)24-19;/h4-5,8-9,13,15,17,24-25H,1-3,6-7,10-12,21-22H2,(H,23,26);1H/t15-,17?;/m0./s1. The van der Waals surface area contributed by atoms with Gasteiger partial charge in [-0.15, -0.1) is 12.4 Å². The molecule has 1 unspecified atom stereocenters. The minimum atomic E-state index is -0.708. The fraction of sp³-hybridized carbons (Fsp3) is 0.550. The lowest BCUT2D eigenvalue weighted by Gasteiger charge is -2.23. The van der Waals surface area contributed by atoms with E-state index >= 15 is 0 Å². The molecular weight excluding hydrogens is 364 g/mol. The van der Waals surface area contributed by atoms with Gasteiger partial charge in [-0.05, 0) is 43.4 Å². The van der Waals surface area contributed by atoms with Crippen LogP contribution in [0.4, 0.5) is 0 Å². The topological polar surface area (TPSA) is 117 Å². The van der Waals surface area contributed by atoms with Gasteiger partial charge in [0, 0.05) is 23.5 Å². The van der Waals surface area contributed by atoms with E-state index in [2.05, 4.69) is 16.4 Å². The quantitative estimate of drug-likeness (QED) is 0.495. The molecule has 1 aliphatic rings. The van der Waals surface area contributed by atoms with Gasteiger partial charge in [0.1, 0.15) is 5.69 Å². The van der Waals surface area contributed by atoms with Gasteiger partial charge < -0.3 is 26.9 Å². The molecule has 0 radical (unpaired) electrons. The number of hydrogen-bond acceptors (Lipinski definition) is 4. The first-order valence-electron chi connectivity index (χ1n) is 9.64. The number of aliphatic hydroxyl groups excluding tert-OH is 1. The zero-order valence-electron chi connectivity index (χ0n) is 15.6. The Bertz CT molecular complexity index is 743. The number of rotatable bonds is 7. The summed E-state index contributed by atoms with van der Waals surface area (Å²) in [7, 11) is 0. The van der Waals surface area contributed by atoms with Crippen molar-refractivity contribution in [3.63, 3.8) is 0 Å². The van der Waals surface area contributed by atoms with Crippen LogP contribution >= 0.6 is 12.4 Å². The third-order valence-electron chi connectivity index (χ3n) is 5.44. The van der Waals surface area contributed by atoms with Crippen LogP contribution in [0.15, 0.2) is 24.3 Å². The number of H-pyrrole nitrogens is 1. The molecule has 150 valence electrons. The molecule has 2 aromatic rings. The van der Waals surface area contributed by atoms with Crippen molar-refractivity contribution >= 4 is 29.2 Å². The van der Waals surface area contributed by atoms with Crippen molar-refractivity contribution in [2.24, 2.45) is 11.5 Å². The molecule has 1 saturated carbocycles. The number of carbonyl (C=O) groups is 1. The van der Waals surface area contributed by atoms with Crippen LogP contribution in [-0.2, 0) is 0 Å². The molecule has 7 N–H and O–H groups in total. The van der Waals surface area contributed by atoms with Crippen molar-refractivity contribution in [2.45, 2.75) is 56.6 Å². The van der Waals surface area contributed by atoms with Crippen molar-refractivity contribution in [3.05, 3.63) is 35.5 Å². The Hall–Kier alpha value is -1.60. The molecule has 1 aromatic carbocycles. The number of aromatic nitrogens is 1. The van der Waals surface area contributed by atoms with Crippen molar-refractivity contribution in [2.75, 3.05) is 13.1 Å². The number of halogens is 1. The lowest BCUT2D eigenvalue weighted by Crippen LogP contribution is -2.45. The predicted molar refractivity (Wildman–Crippen MR) is 111 cm³/mol. The summed E-state index contributed by atoms with van der Waals surface area (Å²) in [5.41, 5.74) is 14.2. The molecule has 1 aromatic heterocycles. The van der Waals surface area contributed by atoms with E-state index in [4.69, 9.17) is 11.5 Å². The molecule has 6 nitrogen and oxygen atoms in total. The van der Waals surface area contributed by atoms with E-state index in [1.165, 1.54) is 19.3 Å². The first kappa shape index (κ1) is 21.7. The highest BCUT2D eigenvalue weighted by molar-refractivity contribution is 6.01. The highest BCUT2D eigenvalue weighted by Gasteiger charge is 2.26. The van der Waals surface area contributed by atoms with Crippen LogP contribution in [0.3, 0.4) is 0 Å². The Morgan fingerprint density at radius 2 is 1.96 bits per heavy atom. The number of para-hydroxylation sites is 1. The SMILES string of the molecule is Cl.NCCC(O)[C@@H](N)CNC(=O)c1[nH]c2ccccc2c1C1CCCCC1. The first-order chi connectivity index (χ1) is 12.6. The summed E-state index contributed by atoms with van der Waals surface area (Å²) in [5.74, 6) is 0.259. The Morgan fingerprint density at radius 3 is 2.67 bits per heavy atom. The van der Waals surface area contributed by atoms with Gasteiger partial charge >= 0.3 is 0 Å². The minimum absolute atomic E-state index is 0. The number of fused-ring (bicyclic) bond motifs is 1. The monoisotopic (exact) mass is 394 g/mol. The maximum absolute atomic E-state index is 12.9. The normalized spacial score (nSPS) is 17.3. The maximum atomic E-state index is 12.9. The molecule has 2 atom stereocenters. The van der Waals surface area contributed by atoms with E-state index in [1.54, 1.807) is 0 Å². The minimum Gasteiger partial charge on any atom is -0.391 e. The largest absolute Gasteiger partial charge is 0.391 e. The molecule has 1 fully saturated rings. The second-order valence-corrected chi connectivity index (χ2v) is 7.31. The fourth-order valence-corrected chi connectivity index (χ4v) is 3.98. The van der Waals surface area contributed by atoms with Gasteiger partial charge in [0.05, 0.1) is 6.10 Å². The molecule has 0 spiro atoms. The lowest BCUT2D eigenvalue weighted by atomic mass is 9.82. The fourth-order valence-electron chi connectivity index (χ4n) is 3.98. The number of aliphatic hydroxyl groups is 1. The predicted octanol–water partition coefficient (Wildman–Crippen LogP) is 2.40. The highest BCUT2D eigenvalue weighted by Crippen LogP contribution is 2.38. The number of hydrogen-bond donors (Lipinski definition) is 5. The van der Waals surface area contributed by atoms with Crippen LogP contribution in [-0.4, -0.2) is 41.2 Å². The molecule has 27 heavy (non-hydrogen) atoms. The number of aromatic amines is 1. The number of nitrogens with two attached hydrogens (primary N) is 2. The van der Waals surface area contributed by atoms with Crippen LogP contribution < -0.4 is 16.8 Å². The average molecular weight is 395 g/mol. The zero-order chi connectivity index (χ0) is 18.5. The number of carbonyl (C=O) groups excluding carboxylic acids is 1. The molecule has 1 aliphatic carbocycles. The van der Waals surface area contributed by atoms with E-state index < -0.39 is 12.1 Å². The zero-order valence-corrected chi connectivity index (χ0v) is 16.4. The molecule has 0 bridgehead atoms. The van der Waals surface area contributed by atoms with Crippen molar-refractivity contribution in [3.8, 4) is 0 Å². The highest BCUT2D eigenvalue weighted by atomic mass is 35.5. The van der Waals surface area contributed by atoms with Gasteiger partial charge in [-0.2, -0.15) is 0 Å². The van der Waals surface area contributed by atoms with Crippen LogP contribution in [0.2, 0.25) is 0 Å². The molecule has 0 saturated heterocycles. The Kier molecular flexibility index (Phi) is 8.10. The van der Waals surface area contributed by atoms with E-state index in [1.807, 2.05) is 18.2 Å². The third kappa shape index (κ3) is 5.02. The van der Waals surface area contributed by atoms with Crippen LogP contribution in [0, 0.1) is 0 Å². The molecule has 3 rings (SSSR count). The molecule has 7 heteroatoms. The van der Waals surface area contributed by atoms with E-state index in [-0.39, 0.29) is 24.9 Å². The Morgan fingerprint density at radius 1 is 1.26 bits per heavy atom. The summed E-state index contributed by atoms with van der Waals surface area (Å²) >= 11 is 0. The van der Waals surface area contributed by atoms with Crippen LogP contribution in [0.1, 0.15) is 60.5 Å². The number of amides is 1. The van der Waals surface area contributed by atoms with E-state index in [9.17, 15) is 9.90 Å².